The Morgan fingerprint density at radius 2 is 2.36 bits per heavy atom. The van der Waals surface area contributed by atoms with E-state index >= 15 is 0 Å². The second-order valence-electron chi connectivity index (χ2n) is 2.63. The molecule has 58 valence electrons. The molecule has 0 aliphatic carbocycles. The highest BCUT2D eigenvalue weighted by atomic mass is 32.2. The highest BCUT2D eigenvalue weighted by molar-refractivity contribution is 7.97. The zero-order valence-electron chi connectivity index (χ0n) is 6.17. The lowest BCUT2D eigenvalue weighted by molar-refractivity contribution is 0.579. The Kier molecular flexibility index (Phi) is 1.62. The van der Waals surface area contributed by atoms with Crippen molar-refractivity contribution >= 4 is 11.9 Å². The first-order valence-electron chi connectivity index (χ1n) is 3.43. The van der Waals surface area contributed by atoms with E-state index in [1.165, 1.54) is 11.6 Å². The van der Waals surface area contributed by atoms with Crippen LogP contribution in [0.15, 0.2) is 23.1 Å². The molecule has 0 saturated carbocycles. The van der Waals surface area contributed by atoms with E-state index in [2.05, 4.69) is 4.31 Å². The lowest BCUT2D eigenvalue weighted by atomic mass is 10.2. The van der Waals surface area contributed by atoms with Gasteiger partial charge in [0.25, 0.3) is 0 Å². The minimum Gasteiger partial charge on any atom is -0.245 e. The van der Waals surface area contributed by atoms with E-state index in [1.54, 1.807) is 18.0 Å². The number of hydrogen-bond donors (Lipinski definition) is 0. The van der Waals surface area contributed by atoms with Gasteiger partial charge in [-0.05, 0) is 36.7 Å². The summed E-state index contributed by atoms with van der Waals surface area (Å²) >= 11 is 1.60. The van der Waals surface area contributed by atoms with Crippen molar-refractivity contribution in [2.75, 3.05) is 7.05 Å². The van der Waals surface area contributed by atoms with Crippen LogP contribution in [0.4, 0.5) is 4.39 Å². The second-order valence-corrected chi connectivity index (χ2v) is 3.88. The fourth-order valence-electron chi connectivity index (χ4n) is 1.18. The number of rotatable bonds is 0. The molecule has 0 spiro atoms. The van der Waals surface area contributed by atoms with Crippen LogP contribution in [0.1, 0.15) is 5.56 Å². The molecule has 1 aliphatic heterocycles. The van der Waals surface area contributed by atoms with Gasteiger partial charge < -0.3 is 0 Å². The lowest BCUT2D eigenvalue weighted by Crippen LogP contribution is -1.99. The fourth-order valence-corrected chi connectivity index (χ4v) is 2.14. The molecule has 1 nitrogen and oxygen atoms in total. The lowest BCUT2D eigenvalue weighted by Gasteiger charge is -2.00. The van der Waals surface area contributed by atoms with E-state index in [9.17, 15) is 4.39 Å². The molecule has 11 heavy (non-hydrogen) atoms. The quantitative estimate of drug-likeness (QED) is 0.548. The van der Waals surface area contributed by atoms with Crippen molar-refractivity contribution in [3.05, 3.63) is 29.6 Å². The normalized spacial score (nSPS) is 16.9. The largest absolute Gasteiger partial charge is 0.245 e. The van der Waals surface area contributed by atoms with Gasteiger partial charge in [-0.2, -0.15) is 0 Å². The maximum atomic E-state index is 12.7. The first-order chi connectivity index (χ1) is 5.25. The molecular formula is C8H8FNS. The summed E-state index contributed by atoms with van der Waals surface area (Å²) in [4.78, 5) is 1.05. The topological polar surface area (TPSA) is 3.24 Å². The third-order valence-electron chi connectivity index (χ3n) is 1.68. The molecule has 0 bridgehead atoms. The third-order valence-corrected chi connectivity index (χ3v) is 2.69. The highest BCUT2D eigenvalue weighted by Crippen LogP contribution is 2.34. The average molecular weight is 169 g/mol. The van der Waals surface area contributed by atoms with Crippen molar-refractivity contribution in [2.45, 2.75) is 11.4 Å². The van der Waals surface area contributed by atoms with Crippen LogP contribution in [0.2, 0.25) is 0 Å². The number of benzene rings is 1. The molecule has 1 aliphatic rings. The Morgan fingerprint density at radius 3 is 3.18 bits per heavy atom. The molecule has 0 amide bonds. The minimum absolute atomic E-state index is 0.147. The Labute approximate surface area is 69.3 Å². The van der Waals surface area contributed by atoms with E-state index in [0.29, 0.717) is 0 Å². The molecule has 1 aromatic carbocycles. The molecule has 0 saturated heterocycles. The molecule has 0 unspecified atom stereocenters. The third kappa shape index (κ3) is 1.26. The number of halogens is 1. The maximum absolute atomic E-state index is 12.7. The summed E-state index contributed by atoms with van der Waals surface area (Å²) in [7, 11) is 2.00. The number of hydrogen-bond acceptors (Lipinski definition) is 2. The first-order valence-corrected chi connectivity index (χ1v) is 4.20. The van der Waals surface area contributed by atoms with E-state index < -0.39 is 0 Å². The zero-order valence-corrected chi connectivity index (χ0v) is 6.99. The van der Waals surface area contributed by atoms with Gasteiger partial charge in [0, 0.05) is 11.4 Å². The molecule has 2 rings (SSSR count). The molecule has 0 atom stereocenters. The summed E-state index contributed by atoms with van der Waals surface area (Å²) in [6.07, 6.45) is 0. The summed E-state index contributed by atoms with van der Waals surface area (Å²) in [6.45, 7) is 0.917. The van der Waals surface area contributed by atoms with Gasteiger partial charge in [0.05, 0.1) is 0 Å². The van der Waals surface area contributed by atoms with Gasteiger partial charge in [0.1, 0.15) is 5.82 Å². The van der Waals surface area contributed by atoms with Crippen LogP contribution in [-0.2, 0) is 6.54 Å². The van der Waals surface area contributed by atoms with E-state index in [4.69, 9.17) is 0 Å². The summed E-state index contributed by atoms with van der Waals surface area (Å²) in [5.74, 6) is -0.147. The van der Waals surface area contributed by atoms with Gasteiger partial charge in [0.15, 0.2) is 0 Å². The summed E-state index contributed by atoms with van der Waals surface area (Å²) in [5.41, 5.74) is 1.22. The van der Waals surface area contributed by atoms with Gasteiger partial charge >= 0.3 is 0 Å². The fraction of sp³-hybridized carbons (Fsp3) is 0.250. The highest BCUT2D eigenvalue weighted by Gasteiger charge is 2.16. The second kappa shape index (κ2) is 2.50. The summed E-state index contributed by atoms with van der Waals surface area (Å²) in [5, 5.41) is 0. The summed E-state index contributed by atoms with van der Waals surface area (Å²) < 4.78 is 14.7. The van der Waals surface area contributed by atoms with E-state index in [-0.39, 0.29) is 5.82 Å². The van der Waals surface area contributed by atoms with Crippen LogP contribution in [0, 0.1) is 5.82 Å². The average Bonchev–Trinajstić information content (AvgIpc) is 2.27. The van der Waals surface area contributed by atoms with Crippen molar-refractivity contribution in [1.82, 2.24) is 4.31 Å². The van der Waals surface area contributed by atoms with E-state index in [0.717, 1.165) is 11.4 Å². The van der Waals surface area contributed by atoms with Crippen LogP contribution in [0.5, 0.6) is 0 Å². The van der Waals surface area contributed by atoms with Crippen molar-refractivity contribution in [3.63, 3.8) is 0 Å². The number of nitrogens with zero attached hydrogens (tertiary/aromatic N) is 1. The Bertz CT molecular complexity index is 287. The minimum atomic E-state index is -0.147. The van der Waals surface area contributed by atoms with Gasteiger partial charge in [-0.1, -0.05) is 6.07 Å². The van der Waals surface area contributed by atoms with Gasteiger partial charge in [-0.25, -0.2) is 8.70 Å². The first kappa shape index (κ1) is 7.13. The predicted octanol–water partition coefficient (Wildman–Crippen LogP) is 2.28. The molecule has 3 heteroatoms. The molecule has 0 N–H and O–H groups in total. The van der Waals surface area contributed by atoms with Crippen LogP contribution in [-0.4, -0.2) is 11.4 Å². The molecular weight excluding hydrogens is 161 g/mol. The summed E-state index contributed by atoms with van der Waals surface area (Å²) in [6, 6.07) is 4.95. The van der Waals surface area contributed by atoms with Crippen LogP contribution in [0.3, 0.4) is 0 Å². The van der Waals surface area contributed by atoms with Crippen molar-refractivity contribution in [2.24, 2.45) is 0 Å². The van der Waals surface area contributed by atoms with E-state index in [1.807, 2.05) is 13.1 Å². The molecule has 0 aromatic heterocycles. The van der Waals surface area contributed by atoms with Crippen LogP contribution < -0.4 is 0 Å². The van der Waals surface area contributed by atoms with Crippen molar-refractivity contribution in [3.8, 4) is 0 Å². The molecule has 0 radical (unpaired) electrons. The molecule has 1 heterocycles. The number of fused-ring (bicyclic) bond motifs is 1. The van der Waals surface area contributed by atoms with Crippen LogP contribution >= 0.6 is 11.9 Å². The van der Waals surface area contributed by atoms with Gasteiger partial charge in [-0.15, -0.1) is 0 Å². The predicted molar refractivity (Wildman–Crippen MR) is 43.7 cm³/mol. The zero-order chi connectivity index (χ0) is 7.84. The maximum Gasteiger partial charge on any atom is 0.124 e. The van der Waals surface area contributed by atoms with Crippen molar-refractivity contribution < 1.29 is 4.39 Å². The smallest absolute Gasteiger partial charge is 0.124 e. The van der Waals surface area contributed by atoms with Crippen molar-refractivity contribution in [1.29, 1.82) is 0 Å². The SMILES string of the molecule is CN1Cc2ccc(F)cc2S1. The van der Waals surface area contributed by atoms with Crippen LogP contribution in [0.25, 0.3) is 0 Å². The molecule has 1 aromatic rings. The Balaban J connectivity index is 2.43. The van der Waals surface area contributed by atoms with Gasteiger partial charge in [-0.3, -0.25) is 0 Å². The monoisotopic (exact) mass is 169 g/mol. The Hall–Kier alpha value is -0.540. The Morgan fingerprint density at radius 1 is 1.55 bits per heavy atom. The standard InChI is InChI=1S/C8H8FNS/c1-10-5-6-2-3-7(9)4-8(6)11-10/h2-4H,5H2,1H3. The van der Waals surface area contributed by atoms with Gasteiger partial charge in [0.2, 0.25) is 0 Å². The molecule has 0 fully saturated rings.